The fourth-order valence-corrected chi connectivity index (χ4v) is 2.50. The fraction of sp³-hybridized carbons (Fsp3) is 0.933. The van der Waals surface area contributed by atoms with Crippen molar-refractivity contribution in [2.24, 2.45) is 5.10 Å². The molecule has 0 aromatic carbocycles. The normalized spacial score (nSPS) is 19.3. The van der Waals surface area contributed by atoms with Crippen LogP contribution in [0.1, 0.15) is 72.6 Å². The largest absolute Gasteiger partial charge is 0.337 e. The second kappa shape index (κ2) is 8.39. The van der Waals surface area contributed by atoms with Gasteiger partial charge in [0.05, 0.1) is 0 Å². The molecule has 1 aliphatic heterocycles. The van der Waals surface area contributed by atoms with Gasteiger partial charge in [-0.1, -0.05) is 39.5 Å². The number of hydrogen-bond acceptors (Lipinski definition) is 3. The van der Waals surface area contributed by atoms with Gasteiger partial charge in [-0.15, -0.1) is 0 Å². The van der Waals surface area contributed by atoms with Gasteiger partial charge in [0, 0.05) is 12.6 Å². The lowest BCUT2D eigenvalue weighted by atomic mass is 10.1. The van der Waals surface area contributed by atoms with Crippen molar-refractivity contribution in [2.75, 3.05) is 6.54 Å². The van der Waals surface area contributed by atoms with Gasteiger partial charge in [0.25, 0.3) is 0 Å². The van der Waals surface area contributed by atoms with E-state index in [-0.39, 0.29) is 0 Å². The fourth-order valence-electron chi connectivity index (χ4n) is 2.50. The zero-order valence-corrected chi connectivity index (χ0v) is 12.7. The van der Waals surface area contributed by atoms with Crippen LogP contribution in [-0.2, 0) is 0 Å². The summed E-state index contributed by atoms with van der Waals surface area (Å²) in [6.45, 7) is 10.2. The van der Waals surface area contributed by atoms with Crippen molar-refractivity contribution in [2.45, 2.75) is 84.8 Å². The van der Waals surface area contributed by atoms with Crippen LogP contribution >= 0.6 is 0 Å². The zero-order chi connectivity index (χ0) is 13.4. The molecular formula is C15H31N3. The molecular weight excluding hydrogens is 222 g/mol. The van der Waals surface area contributed by atoms with Crippen LogP contribution in [0, 0.1) is 0 Å². The smallest absolute Gasteiger partial charge is 0.119 e. The van der Waals surface area contributed by atoms with Gasteiger partial charge in [0.2, 0.25) is 0 Å². The third-order valence-electron chi connectivity index (χ3n) is 3.67. The molecule has 1 heterocycles. The Morgan fingerprint density at radius 1 is 1.06 bits per heavy atom. The Balaban J connectivity index is 2.41. The summed E-state index contributed by atoms with van der Waals surface area (Å²) in [7, 11) is 0. The average Bonchev–Trinajstić information content (AvgIpc) is 2.75. The minimum atomic E-state index is 0.506. The molecule has 0 aromatic heterocycles. The molecule has 0 spiro atoms. The zero-order valence-electron chi connectivity index (χ0n) is 12.7. The highest BCUT2D eigenvalue weighted by atomic mass is 15.6. The lowest BCUT2D eigenvalue weighted by Gasteiger charge is -2.33. The number of nitrogens with zero attached hydrogens (tertiary/aromatic N) is 3. The first-order chi connectivity index (χ1) is 8.70. The Hall–Kier alpha value is -0.730. The SMILES string of the molecule is CCCCCCN1N=CN(C(C)C)C1CCCC. The number of hydrazone groups is 1. The summed E-state index contributed by atoms with van der Waals surface area (Å²) in [4.78, 5) is 2.41. The first-order valence-corrected chi connectivity index (χ1v) is 7.78. The summed E-state index contributed by atoms with van der Waals surface area (Å²) in [5.41, 5.74) is 0. The van der Waals surface area contributed by atoms with Crippen LogP contribution in [0.5, 0.6) is 0 Å². The van der Waals surface area contributed by atoms with Gasteiger partial charge in [-0.2, -0.15) is 5.10 Å². The summed E-state index contributed by atoms with van der Waals surface area (Å²) < 4.78 is 0. The molecule has 0 radical (unpaired) electrons. The van der Waals surface area contributed by atoms with E-state index in [0.717, 1.165) is 6.54 Å². The van der Waals surface area contributed by atoms with Crippen LogP contribution in [0.3, 0.4) is 0 Å². The summed E-state index contributed by atoms with van der Waals surface area (Å²) in [5.74, 6) is 0. The van der Waals surface area contributed by atoms with Crippen LogP contribution in [0.2, 0.25) is 0 Å². The van der Waals surface area contributed by atoms with Crippen molar-refractivity contribution in [3.05, 3.63) is 0 Å². The van der Waals surface area contributed by atoms with E-state index in [2.05, 4.69) is 42.7 Å². The Bertz CT molecular complexity index is 238. The minimum absolute atomic E-state index is 0.506. The summed E-state index contributed by atoms with van der Waals surface area (Å²) in [6.07, 6.45) is 11.6. The van der Waals surface area contributed by atoms with Crippen LogP contribution in [-0.4, -0.2) is 35.0 Å². The molecule has 1 rings (SSSR count). The quantitative estimate of drug-likeness (QED) is 0.577. The van der Waals surface area contributed by atoms with Crippen LogP contribution < -0.4 is 0 Å². The van der Waals surface area contributed by atoms with E-state index in [1.165, 1.54) is 44.9 Å². The molecule has 3 nitrogen and oxygen atoms in total. The molecule has 0 fully saturated rings. The van der Waals surface area contributed by atoms with E-state index >= 15 is 0 Å². The topological polar surface area (TPSA) is 18.8 Å². The second-order valence-corrected chi connectivity index (χ2v) is 5.62. The van der Waals surface area contributed by atoms with E-state index in [9.17, 15) is 0 Å². The molecule has 0 aliphatic carbocycles. The maximum absolute atomic E-state index is 4.60. The van der Waals surface area contributed by atoms with E-state index < -0.39 is 0 Å². The van der Waals surface area contributed by atoms with Crippen molar-refractivity contribution in [1.29, 1.82) is 0 Å². The molecule has 0 aromatic rings. The van der Waals surface area contributed by atoms with Crippen molar-refractivity contribution >= 4 is 6.34 Å². The lowest BCUT2D eigenvalue weighted by Crippen LogP contribution is -2.43. The Kier molecular flexibility index (Phi) is 7.14. The van der Waals surface area contributed by atoms with Gasteiger partial charge in [0.15, 0.2) is 0 Å². The molecule has 3 heteroatoms. The van der Waals surface area contributed by atoms with Gasteiger partial charge >= 0.3 is 0 Å². The number of rotatable bonds is 9. The maximum Gasteiger partial charge on any atom is 0.119 e. The van der Waals surface area contributed by atoms with Crippen LogP contribution in [0.25, 0.3) is 0 Å². The molecule has 0 bridgehead atoms. The van der Waals surface area contributed by atoms with Gasteiger partial charge in [-0.3, -0.25) is 5.01 Å². The highest BCUT2D eigenvalue weighted by molar-refractivity contribution is 5.57. The lowest BCUT2D eigenvalue weighted by molar-refractivity contribution is 0.100. The van der Waals surface area contributed by atoms with Crippen molar-refractivity contribution in [3.63, 3.8) is 0 Å². The maximum atomic E-state index is 4.60. The highest BCUT2D eigenvalue weighted by Gasteiger charge is 2.28. The van der Waals surface area contributed by atoms with Gasteiger partial charge < -0.3 is 4.90 Å². The first-order valence-electron chi connectivity index (χ1n) is 7.78. The summed E-state index contributed by atoms with van der Waals surface area (Å²) >= 11 is 0. The minimum Gasteiger partial charge on any atom is -0.337 e. The predicted octanol–water partition coefficient (Wildman–Crippen LogP) is 4.05. The predicted molar refractivity (Wildman–Crippen MR) is 79.6 cm³/mol. The van der Waals surface area contributed by atoms with Crippen molar-refractivity contribution in [1.82, 2.24) is 9.91 Å². The Morgan fingerprint density at radius 2 is 1.78 bits per heavy atom. The molecule has 0 amide bonds. The third kappa shape index (κ3) is 4.51. The van der Waals surface area contributed by atoms with E-state index in [1.807, 2.05) is 6.34 Å². The van der Waals surface area contributed by atoms with Gasteiger partial charge in [0.1, 0.15) is 12.5 Å². The Morgan fingerprint density at radius 3 is 2.39 bits per heavy atom. The molecule has 1 aliphatic rings. The first kappa shape index (κ1) is 15.3. The van der Waals surface area contributed by atoms with E-state index in [1.54, 1.807) is 0 Å². The molecule has 106 valence electrons. The molecule has 1 atom stereocenters. The van der Waals surface area contributed by atoms with Crippen LogP contribution in [0.4, 0.5) is 0 Å². The van der Waals surface area contributed by atoms with Gasteiger partial charge in [-0.25, -0.2) is 0 Å². The van der Waals surface area contributed by atoms with E-state index in [4.69, 9.17) is 0 Å². The standard InChI is InChI=1S/C15H31N3/c1-5-7-9-10-12-18-15(11-8-6-2)17(13-16-18)14(3)4/h13-15H,5-12H2,1-4H3. The summed E-state index contributed by atoms with van der Waals surface area (Å²) in [6, 6.07) is 0.552. The molecule has 18 heavy (non-hydrogen) atoms. The van der Waals surface area contributed by atoms with E-state index in [0.29, 0.717) is 12.2 Å². The number of hydrogen-bond donors (Lipinski definition) is 0. The second-order valence-electron chi connectivity index (χ2n) is 5.62. The molecule has 0 saturated heterocycles. The van der Waals surface area contributed by atoms with Crippen LogP contribution in [0.15, 0.2) is 5.10 Å². The highest BCUT2D eigenvalue weighted by Crippen LogP contribution is 2.21. The average molecular weight is 253 g/mol. The molecule has 0 saturated carbocycles. The summed E-state index contributed by atoms with van der Waals surface area (Å²) in [5, 5.41) is 6.92. The van der Waals surface area contributed by atoms with Crippen molar-refractivity contribution in [3.8, 4) is 0 Å². The van der Waals surface area contributed by atoms with Gasteiger partial charge in [-0.05, 0) is 33.1 Å². The number of unbranched alkanes of at least 4 members (excludes halogenated alkanes) is 4. The molecule has 0 N–H and O–H groups in total. The van der Waals surface area contributed by atoms with Crippen molar-refractivity contribution < 1.29 is 0 Å². The monoisotopic (exact) mass is 253 g/mol. The Labute approximate surface area is 113 Å². The third-order valence-corrected chi connectivity index (χ3v) is 3.67. The molecule has 1 unspecified atom stereocenters.